The first kappa shape index (κ1) is 19.4. The van der Waals surface area contributed by atoms with Gasteiger partial charge in [-0.3, -0.25) is 0 Å². The van der Waals surface area contributed by atoms with Crippen molar-refractivity contribution >= 4 is 10.0 Å². The van der Waals surface area contributed by atoms with E-state index in [1.165, 1.54) is 17.5 Å². The summed E-state index contributed by atoms with van der Waals surface area (Å²) in [5.74, 6) is 0. The summed E-state index contributed by atoms with van der Waals surface area (Å²) in [6.07, 6.45) is 8.17. The number of fused-ring (bicyclic) bond motifs is 1. The molecule has 1 atom stereocenters. The van der Waals surface area contributed by atoms with Crippen molar-refractivity contribution in [1.82, 2.24) is 4.31 Å². The summed E-state index contributed by atoms with van der Waals surface area (Å²) >= 11 is 0. The van der Waals surface area contributed by atoms with Gasteiger partial charge < -0.3 is 9.47 Å². The van der Waals surface area contributed by atoms with Crippen LogP contribution >= 0.6 is 0 Å². The van der Waals surface area contributed by atoms with E-state index in [9.17, 15) is 8.42 Å². The first-order valence-electron chi connectivity index (χ1n) is 10.4. The zero-order valence-corrected chi connectivity index (χ0v) is 17.1. The summed E-state index contributed by atoms with van der Waals surface area (Å²) in [6.45, 7) is 4.44. The Balaban J connectivity index is 1.42. The summed E-state index contributed by atoms with van der Waals surface area (Å²) in [6, 6.07) is 5.73. The summed E-state index contributed by atoms with van der Waals surface area (Å²) < 4.78 is 39.7. The fraction of sp³-hybridized carbons (Fsp3) is 0.714. The minimum Gasteiger partial charge on any atom is -0.379 e. The molecule has 0 saturated carbocycles. The predicted octanol–water partition coefficient (Wildman–Crippen LogP) is 3.30. The quantitative estimate of drug-likeness (QED) is 0.770. The second kappa shape index (κ2) is 7.82. The maximum atomic E-state index is 13.1. The van der Waals surface area contributed by atoms with Crippen LogP contribution in [0.4, 0.5) is 0 Å². The van der Waals surface area contributed by atoms with Crippen LogP contribution in [0.5, 0.6) is 0 Å². The fourth-order valence-electron chi connectivity index (χ4n) is 4.78. The Hall–Kier alpha value is -0.950. The third kappa shape index (κ3) is 3.95. The van der Waals surface area contributed by atoms with Gasteiger partial charge in [-0.05, 0) is 81.5 Å². The van der Waals surface area contributed by atoms with E-state index in [4.69, 9.17) is 9.47 Å². The summed E-state index contributed by atoms with van der Waals surface area (Å²) in [5.41, 5.74) is 2.38. The van der Waals surface area contributed by atoms with Gasteiger partial charge >= 0.3 is 0 Å². The van der Waals surface area contributed by atoms with E-state index >= 15 is 0 Å². The van der Waals surface area contributed by atoms with Crippen LogP contribution in [0.15, 0.2) is 23.1 Å². The number of aryl methyl sites for hydroxylation is 2. The molecule has 0 bridgehead atoms. The molecular weight excluding hydrogens is 362 g/mol. The van der Waals surface area contributed by atoms with Crippen molar-refractivity contribution in [1.29, 1.82) is 0 Å². The smallest absolute Gasteiger partial charge is 0.243 e. The van der Waals surface area contributed by atoms with Crippen LogP contribution in [0.3, 0.4) is 0 Å². The lowest BCUT2D eigenvalue weighted by Crippen LogP contribution is -2.46. The molecule has 2 fully saturated rings. The number of sulfonamides is 1. The maximum absolute atomic E-state index is 13.1. The van der Waals surface area contributed by atoms with Crippen LogP contribution in [0.25, 0.3) is 0 Å². The molecule has 1 aliphatic carbocycles. The first-order valence-corrected chi connectivity index (χ1v) is 11.8. The van der Waals surface area contributed by atoms with Crippen LogP contribution < -0.4 is 0 Å². The largest absolute Gasteiger partial charge is 0.379 e. The van der Waals surface area contributed by atoms with Gasteiger partial charge in [0.05, 0.1) is 23.2 Å². The van der Waals surface area contributed by atoms with Gasteiger partial charge in [0.2, 0.25) is 10.0 Å². The molecule has 27 heavy (non-hydrogen) atoms. The van der Waals surface area contributed by atoms with Gasteiger partial charge in [-0.2, -0.15) is 4.31 Å². The Morgan fingerprint density at radius 1 is 1.15 bits per heavy atom. The Labute approximate surface area is 163 Å². The first-order chi connectivity index (χ1) is 13.0. The third-order valence-electron chi connectivity index (χ3n) is 6.44. The highest BCUT2D eigenvalue weighted by Crippen LogP contribution is 2.40. The summed E-state index contributed by atoms with van der Waals surface area (Å²) in [5, 5.41) is 0. The molecule has 0 radical (unpaired) electrons. The monoisotopic (exact) mass is 393 g/mol. The van der Waals surface area contributed by atoms with Gasteiger partial charge in [0.25, 0.3) is 0 Å². The molecule has 5 nitrogen and oxygen atoms in total. The van der Waals surface area contributed by atoms with Crippen LogP contribution in [-0.2, 0) is 32.3 Å². The molecule has 3 aliphatic rings. The van der Waals surface area contributed by atoms with Crippen LogP contribution in [-0.4, -0.2) is 50.7 Å². The zero-order valence-electron chi connectivity index (χ0n) is 16.3. The highest BCUT2D eigenvalue weighted by Gasteiger charge is 2.44. The minimum atomic E-state index is -3.42. The Morgan fingerprint density at radius 2 is 1.89 bits per heavy atom. The molecule has 2 saturated heterocycles. The van der Waals surface area contributed by atoms with Gasteiger partial charge in [-0.25, -0.2) is 8.42 Å². The van der Waals surface area contributed by atoms with Crippen molar-refractivity contribution in [3.63, 3.8) is 0 Å². The van der Waals surface area contributed by atoms with Gasteiger partial charge in [0, 0.05) is 19.7 Å². The molecule has 1 aromatic carbocycles. The van der Waals surface area contributed by atoms with Crippen molar-refractivity contribution in [2.45, 2.75) is 74.9 Å². The number of hydrogen-bond acceptors (Lipinski definition) is 4. The average Bonchev–Trinajstić information content (AvgIpc) is 3.08. The maximum Gasteiger partial charge on any atom is 0.243 e. The van der Waals surface area contributed by atoms with Gasteiger partial charge in [-0.1, -0.05) is 6.07 Å². The number of rotatable bonds is 5. The second-order valence-electron chi connectivity index (χ2n) is 8.16. The number of piperidine rings is 1. The summed E-state index contributed by atoms with van der Waals surface area (Å²) in [7, 11) is -3.42. The van der Waals surface area contributed by atoms with Crippen LogP contribution in [0.1, 0.15) is 56.6 Å². The van der Waals surface area contributed by atoms with E-state index in [-0.39, 0.29) is 11.7 Å². The minimum absolute atomic E-state index is 0.149. The van der Waals surface area contributed by atoms with Crippen LogP contribution in [0, 0.1) is 0 Å². The van der Waals surface area contributed by atoms with E-state index in [1.807, 2.05) is 19.1 Å². The topological polar surface area (TPSA) is 55.8 Å². The van der Waals surface area contributed by atoms with Gasteiger partial charge in [-0.15, -0.1) is 0 Å². The van der Waals surface area contributed by atoms with Crippen molar-refractivity contribution in [3.05, 3.63) is 29.3 Å². The van der Waals surface area contributed by atoms with Crippen molar-refractivity contribution < 1.29 is 17.9 Å². The molecule has 0 amide bonds. The standard InChI is InChI=1S/C21H31NO4S/c1-2-25-16-19-9-10-21(26-19)11-13-22(14-12-21)27(23,24)20-8-7-17-5-3-4-6-18(17)15-20/h7-8,15,19H,2-6,9-14,16H2,1H3. The fourth-order valence-corrected chi connectivity index (χ4v) is 6.28. The zero-order chi connectivity index (χ0) is 18.9. The molecular formula is C21H31NO4S. The molecule has 1 unspecified atom stereocenters. The highest BCUT2D eigenvalue weighted by atomic mass is 32.2. The molecule has 0 N–H and O–H groups in total. The second-order valence-corrected chi connectivity index (χ2v) is 10.1. The normalized spacial score (nSPS) is 25.6. The Morgan fingerprint density at radius 3 is 2.63 bits per heavy atom. The number of hydrogen-bond donors (Lipinski definition) is 0. The van der Waals surface area contributed by atoms with E-state index in [2.05, 4.69) is 0 Å². The van der Waals surface area contributed by atoms with E-state index in [0.29, 0.717) is 31.2 Å². The summed E-state index contributed by atoms with van der Waals surface area (Å²) in [4.78, 5) is 0.459. The third-order valence-corrected chi connectivity index (χ3v) is 8.33. The lowest BCUT2D eigenvalue weighted by molar-refractivity contribution is -0.0900. The molecule has 2 aliphatic heterocycles. The highest BCUT2D eigenvalue weighted by molar-refractivity contribution is 7.89. The predicted molar refractivity (Wildman–Crippen MR) is 104 cm³/mol. The molecule has 1 aromatic rings. The Kier molecular flexibility index (Phi) is 5.61. The van der Waals surface area contributed by atoms with Crippen molar-refractivity contribution in [2.75, 3.05) is 26.3 Å². The number of benzene rings is 1. The molecule has 1 spiro atoms. The number of nitrogens with zero attached hydrogens (tertiary/aromatic N) is 1. The Bertz CT molecular complexity index is 768. The van der Waals surface area contributed by atoms with Crippen LogP contribution in [0.2, 0.25) is 0 Å². The average molecular weight is 394 g/mol. The molecule has 2 heterocycles. The van der Waals surface area contributed by atoms with Crippen molar-refractivity contribution in [2.24, 2.45) is 0 Å². The molecule has 4 rings (SSSR count). The number of ether oxygens (including phenoxy) is 2. The van der Waals surface area contributed by atoms with E-state index in [1.54, 1.807) is 10.4 Å². The van der Waals surface area contributed by atoms with E-state index in [0.717, 1.165) is 44.9 Å². The molecule has 0 aromatic heterocycles. The lowest BCUT2D eigenvalue weighted by Gasteiger charge is -2.38. The molecule has 150 valence electrons. The van der Waals surface area contributed by atoms with Crippen molar-refractivity contribution in [3.8, 4) is 0 Å². The van der Waals surface area contributed by atoms with Gasteiger partial charge in [0.1, 0.15) is 0 Å². The SMILES string of the molecule is CCOCC1CCC2(CCN(S(=O)(=O)c3ccc4c(c3)CCCC4)CC2)O1. The molecule has 6 heteroatoms. The van der Waals surface area contributed by atoms with E-state index < -0.39 is 10.0 Å². The van der Waals surface area contributed by atoms with Gasteiger partial charge in [0.15, 0.2) is 0 Å². The lowest BCUT2D eigenvalue weighted by atomic mass is 9.89.